The number of fused-ring (bicyclic) bond motifs is 1. The number of aromatic nitrogens is 2. The number of thioether (sulfide) groups is 1. The molecule has 0 amide bonds. The molecule has 0 atom stereocenters. The number of nitrogens with zero attached hydrogens (tertiary/aromatic N) is 2. The van der Waals surface area contributed by atoms with Gasteiger partial charge in [0.25, 0.3) is 5.56 Å². The Morgan fingerprint density at radius 2 is 2.09 bits per heavy atom. The van der Waals surface area contributed by atoms with Crippen molar-refractivity contribution in [1.82, 2.24) is 9.55 Å². The fourth-order valence-corrected chi connectivity index (χ4v) is 3.26. The van der Waals surface area contributed by atoms with Crippen LogP contribution in [-0.4, -0.2) is 27.9 Å². The molecule has 0 fully saturated rings. The second kappa shape index (κ2) is 8.72. The summed E-state index contributed by atoms with van der Waals surface area (Å²) in [6, 6.07) is 7.41. The lowest BCUT2D eigenvalue weighted by Crippen LogP contribution is -2.23. The summed E-state index contributed by atoms with van der Waals surface area (Å²) in [5.41, 5.74) is 0.725. The SMILES string of the molecule is CCCn1c(SCCCC(=O)OCC)nc2ccccc2c1=O. The lowest BCUT2D eigenvalue weighted by Gasteiger charge is -2.12. The first kappa shape index (κ1) is 17.5. The van der Waals surface area contributed by atoms with Crippen LogP contribution in [0.25, 0.3) is 10.9 Å². The van der Waals surface area contributed by atoms with Gasteiger partial charge in [-0.25, -0.2) is 4.98 Å². The number of ether oxygens (including phenoxy) is 1. The highest BCUT2D eigenvalue weighted by atomic mass is 32.2. The number of para-hydroxylation sites is 1. The van der Waals surface area contributed by atoms with Crippen molar-refractivity contribution in [3.8, 4) is 0 Å². The number of hydrogen-bond donors (Lipinski definition) is 0. The molecule has 6 heteroatoms. The molecular weight excluding hydrogens is 312 g/mol. The van der Waals surface area contributed by atoms with Gasteiger partial charge in [-0.05, 0) is 31.9 Å². The largest absolute Gasteiger partial charge is 0.466 e. The van der Waals surface area contributed by atoms with E-state index in [-0.39, 0.29) is 11.5 Å². The first-order chi connectivity index (χ1) is 11.2. The van der Waals surface area contributed by atoms with Gasteiger partial charge in [-0.1, -0.05) is 30.8 Å². The molecule has 0 radical (unpaired) electrons. The Balaban J connectivity index is 2.14. The normalized spacial score (nSPS) is 10.9. The minimum absolute atomic E-state index is 0.00495. The molecule has 23 heavy (non-hydrogen) atoms. The van der Waals surface area contributed by atoms with Crippen LogP contribution in [0.2, 0.25) is 0 Å². The molecular formula is C17H22N2O3S. The van der Waals surface area contributed by atoms with Crippen LogP contribution in [0, 0.1) is 0 Å². The number of benzene rings is 1. The van der Waals surface area contributed by atoms with E-state index in [9.17, 15) is 9.59 Å². The predicted molar refractivity (Wildman–Crippen MR) is 92.9 cm³/mol. The smallest absolute Gasteiger partial charge is 0.305 e. The van der Waals surface area contributed by atoms with Crippen molar-refractivity contribution in [2.24, 2.45) is 0 Å². The summed E-state index contributed by atoms with van der Waals surface area (Å²) in [7, 11) is 0. The van der Waals surface area contributed by atoms with Gasteiger partial charge < -0.3 is 4.74 Å². The summed E-state index contributed by atoms with van der Waals surface area (Å²) in [6.07, 6.45) is 1.97. The van der Waals surface area contributed by atoms with Gasteiger partial charge >= 0.3 is 5.97 Å². The summed E-state index contributed by atoms with van der Waals surface area (Å²) in [5, 5.41) is 1.37. The molecule has 1 aromatic carbocycles. The Bertz CT molecular complexity index is 727. The number of rotatable bonds is 8. The van der Waals surface area contributed by atoms with Gasteiger partial charge in [0.05, 0.1) is 17.5 Å². The fourth-order valence-electron chi connectivity index (χ4n) is 2.29. The van der Waals surface area contributed by atoms with Crippen LogP contribution in [-0.2, 0) is 16.1 Å². The van der Waals surface area contributed by atoms with Crippen molar-refractivity contribution < 1.29 is 9.53 Å². The third-order valence-electron chi connectivity index (χ3n) is 3.34. The summed E-state index contributed by atoms with van der Waals surface area (Å²) >= 11 is 1.52. The first-order valence-electron chi connectivity index (χ1n) is 7.95. The van der Waals surface area contributed by atoms with E-state index in [1.54, 1.807) is 11.5 Å². The van der Waals surface area contributed by atoms with Gasteiger partial charge in [0.15, 0.2) is 5.16 Å². The summed E-state index contributed by atoms with van der Waals surface area (Å²) in [6.45, 7) is 4.90. The Hall–Kier alpha value is -1.82. The van der Waals surface area contributed by atoms with Gasteiger partial charge in [-0.15, -0.1) is 0 Å². The second-order valence-corrected chi connectivity index (χ2v) is 6.19. The molecule has 5 nitrogen and oxygen atoms in total. The number of carbonyl (C=O) groups excluding carboxylic acids is 1. The van der Waals surface area contributed by atoms with Gasteiger partial charge in [-0.2, -0.15) is 0 Å². The fraction of sp³-hybridized carbons (Fsp3) is 0.471. The third-order valence-corrected chi connectivity index (χ3v) is 4.40. The van der Waals surface area contributed by atoms with Crippen molar-refractivity contribution in [1.29, 1.82) is 0 Å². The van der Waals surface area contributed by atoms with Crippen LogP contribution >= 0.6 is 11.8 Å². The van der Waals surface area contributed by atoms with Crippen LogP contribution in [0.4, 0.5) is 0 Å². The van der Waals surface area contributed by atoms with Gasteiger partial charge in [0.1, 0.15) is 0 Å². The van der Waals surface area contributed by atoms with Crippen LogP contribution < -0.4 is 5.56 Å². The highest BCUT2D eigenvalue weighted by Crippen LogP contribution is 2.19. The van der Waals surface area contributed by atoms with E-state index in [1.807, 2.05) is 31.2 Å². The van der Waals surface area contributed by atoms with E-state index in [0.29, 0.717) is 31.4 Å². The Morgan fingerprint density at radius 3 is 2.83 bits per heavy atom. The van der Waals surface area contributed by atoms with Gasteiger partial charge in [0.2, 0.25) is 0 Å². The van der Waals surface area contributed by atoms with E-state index in [1.165, 1.54) is 11.8 Å². The Morgan fingerprint density at radius 1 is 1.30 bits per heavy atom. The zero-order valence-corrected chi connectivity index (χ0v) is 14.4. The highest BCUT2D eigenvalue weighted by molar-refractivity contribution is 7.99. The third kappa shape index (κ3) is 4.58. The van der Waals surface area contributed by atoms with Crippen molar-refractivity contribution in [2.45, 2.75) is 44.8 Å². The summed E-state index contributed by atoms with van der Waals surface area (Å²) in [5.74, 6) is 0.554. The molecule has 1 heterocycles. The maximum Gasteiger partial charge on any atom is 0.305 e. The molecule has 0 spiro atoms. The van der Waals surface area contributed by atoms with E-state index in [2.05, 4.69) is 4.98 Å². The van der Waals surface area contributed by atoms with Crippen LogP contribution in [0.3, 0.4) is 0 Å². The molecule has 2 aromatic rings. The Kier molecular flexibility index (Phi) is 6.65. The predicted octanol–water partition coefficient (Wildman–Crippen LogP) is 3.24. The quantitative estimate of drug-likeness (QED) is 0.321. The lowest BCUT2D eigenvalue weighted by molar-refractivity contribution is -0.143. The molecule has 0 saturated carbocycles. The molecule has 0 saturated heterocycles. The second-order valence-electron chi connectivity index (χ2n) is 5.13. The number of carbonyl (C=O) groups is 1. The van der Waals surface area contributed by atoms with Crippen LogP contribution in [0.5, 0.6) is 0 Å². The average molecular weight is 334 g/mol. The minimum Gasteiger partial charge on any atom is -0.466 e. The Labute approximate surface area is 140 Å². The van der Waals surface area contributed by atoms with Crippen molar-refractivity contribution >= 4 is 28.6 Å². The molecule has 124 valence electrons. The van der Waals surface area contributed by atoms with Crippen LogP contribution in [0.15, 0.2) is 34.2 Å². The van der Waals surface area contributed by atoms with Crippen molar-refractivity contribution in [3.63, 3.8) is 0 Å². The number of esters is 1. The summed E-state index contributed by atoms with van der Waals surface area (Å²) < 4.78 is 6.65. The monoisotopic (exact) mass is 334 g/mol. The van der Waals surface area contributed by atoms with E-state index < -0.39 is 0 Å². The number of hydrogen-bond acceptors (Lipinski definition) is 5. The van der Waals surface area contributed by atoms with Gasteiger partial charge in [-0.3, -0.25) is 14.2 Å². The molecule has 2 rings (SSSR count). The first-order valence-corrected chi connectivity index (χ1v) is 8.94. The van der Waals surface area contributed by atoms with Gasteiger partial charge in [0, 0.05) is 18.7 Å². The molecule has 0 N–H and O–H groups in total. The molecule has 1 aromatic heterocycles. The van der Waals surface area contributed by atoms with E-state index in [4.69, 9.17) is 4.74 Å². The maximum absolute atomic E-state index is 12.6. The standard InChI is InChI=1S/C17H22N2O3S/c1-3-11-19-16(21)13-8-5-6-9-14(13)18-17(19)23-12-7-10-15(20)22-4-2/h5-6,8-9H,3-4,7,10-12H2,1-2H3. The van der Waals surface area contributed by atoms with E-state index in [0.717, 1.165) is 22.8 Å². The average Bonchev–Trinajstić information content (AvgIpc) is 2.55. The van der Waals surface area contributed by atoms with Crippen molar-refractivity contribution in [3.05, 3.63) is 34.6 Å². The molecule has 0 aliphatic rings. The molecule has 0 aliphatic heterocycles. The minimum atomic E-state index is -0.175. The topological polar surface area (TPSA) is 61.2 Å². The maximum atomic E-state index is 12.6. The molecule has 0 bridgehead atoms. The highest BCUT2D eigenvalue weighted by Gasteiger charge is 2.11. The van der Waals surface area contributed by atoms with Crippen molar-refractivity contribution in [2.75, 3.05) is 12.4 Å². The van der Waals surface area contributed by atoms with E-state index >= 15 is 0 Å². The zero-order chi connectivity index (χ0) is 16.7. The van der Waals surface area contributed by atoms with Crippen LogP contribution in [0.1, 0.15) is 33.1 Å². The summed E-state index contributed by atoms with van der Waals surface area (Å²) in [4.78, 5) is 28.6. The molecule has 0 aliphatic carbocycles. The zero-order valence-electron chi connectivity index (χ0n) is 13.6. The molecule has 0 unspecified atom stereocenters. The lowest BCUT2D eigenvalue weighted by atomic mass is 10.2.